The van der Waals surface area contributed by atoms with E-state index in [0.717, 1.165) is 15.4 Å². The maximum Gasteiger partial charge on any atom is 0.230 e. The molecule has 0 aliphatic heterocycles. The van der Waals surface area contributed by atoms with Gasteiger partial charge in [-0.15, -0.1) is 11.8 Å². The van der Waals surface area contributed by atoms with Gasteiger partial charge in [0, 0.05) is 22.0 Å². The molecule has 0 fully saturated rings. The minimum atomic E-state index is -0.605. The number of thioether (sulfide) groups is 1. The van der Waals surface area contributed by atoms with Crippen LogP contribution in [0.3, 0.4) is 0 Å². The zero-order chi connectivity index (χ0) is 15.9. The SMILES string of the molecule is O=C(CSc1ccc(Br)cc1)NCCc1cc(F)cc(F)c1. The standard InChI is InChI=1S/C16H14BrF2NOS/c17-12-1-3-15(4-2-12)22-10-16(21)20-6-5-11-7-13(18)9-14(19)8-11/h1-4,7-9H,5-6,10H2,(H,20,21). The molecule has 0 aliphatic carbocycles. The van der Waals surface area contributed by atoms with Crippen LogP contribution < -0.4 is 5.32 Å². The molecule has 0 aliphatic rings. The summed E-state index contributed by atoms with van der Waals surface area (Å²) in [5, 5.41) is 2.74. The average Bonchev–Trinajstić information content (AvgIpc) is 2.46. The molecule has 116 valence electrons. The lowest BCUT2D eigenvalue weighted by atomic mass is 10.1. The highest BCUT2D eigenvalue weighted by atomic mass is 79.9. The maximum absolute atomic E-state index is 13.0. The van der Waals surface area contributed by atoms with Crippen molar-refractivity contribution in [2.24, 2.45) is 0 Å². The summed E-state index contributed by atoms with van der Waals surface area (Å²) < 4.78 is 27.0. The molecule has 0 heterocycles. The van der Waals surface area contributed by atoms with Gasteiger partial charge in [0.1, 0.15) is 11.6 Å². The quantitative estimate of drug-likeness (QED) is 0.755. The van der Waals surface area contributed by atoms with Gasteiger partial charge < -0.3 is 5.32 Å². The van der Waals surface area contributed by atoms with Crippen LogP contribution >= 0.6 is 27.7 Å². The third-order valence-electron chi connectivity index (χ3n) is 2.84. The summed E-state index contributed by atoms with van der Waals surface area (Å²) in [6.45, 7) is 0.350. The van der Waals surface area contributed by atoms with Crippen molar-refractivity contribution >= 4 is 33.6 Å². The van der Waals surface area contributed by atoms with Crippen molar-refractivity contribution in [1.29, 1.82) is 0 Å². The van der Waals surface area contributed by atoms with Gasteiger partial charge in [0.2, 0.25) is 5.91 Å². The third kappa shape index (κ3) is 5.77. The zero-order valence-corrected chi connectivity index (χ0v) is 14.0. The van der Waals surface area contributed by atoms with E-state index in [-0.39, 0.29) is 5.91 Å². The molecule has 0 aromatic heterocycles. The van der Waals surface area contributed by atoms with Crippen molar-refractivity contribution in [2.45, 2.75) is 11.3 Å². The second-order valence-electron chi connectivity index (χ2n) is 4.62. The normalized spacial score (nSPS) is 10.5. The maximum atomic E-state index is 13.0. The Balaban J connectivity index is 1.72. The molecular weight excluding hydrogens is 372 g/mol. The Morgan fingerprint density at radius 1 is 1.09 bits per heavy atom. The average molecular weight is 386 g/mol. The van der Waals surface area contributed by atoms with Gasteiger partial charge in [-0.1, -0.05) is 15.9 Å². The van der Waals surface area contributed by atoms with E-state index in [2.05, 4.69) is 21.2 Å². The Morgan fingerprint density at radius 3 is 2.36 bits per heavy atom. The lowest BCUT2D eigenvalue weighted by Crippen LogP contribution is -2.27. The minimum Gasteiger partial charge on any atom is -0.355 e. The fourth-order valence-electron chi connectivity index (χ4n) is 1.83. The van der Waals surface area contributed by atoms with Crippen LogP contribution in [0.25, 0.3) is 0 Å². The Hall–Kier alpha value is -1.40. The van der Waals surface area contributed by atoms with E-state index in [1.807, 2.05) is 24.3 Å². The fraction of sp³-hybridized carbons (Fsp3) is 0.188. The summed E-state index contributed by atoms with van der Waals surface area (Å²) in [5.41, 5.74) is 0.526. The van der Waals surface area contributed by atoms with Crippen LogP contribution in [0, 0.1) is 11.6 Å². The first-order valence-corrected chi connectivity index (χ1v) is 8.41. The van der Waals surface area contributed by atoms with E-state index in [4.69, 9.17) is 0 Å². The van der Waals surface area contributed by atoms with Crippen LogP contribution in [-0.4, -0.2) is 18.2 Å². The first kappa shape index (κ1) is 17.0. The largest absolute Gasteiger partial charge is 0.355 e. The topological polar surface area (TPSA) is 29.1 Å². The van der Waals surface area contributed by atoms with E-state index in [0.29, 0.717) is 24.3 Å². The van der Waals surface area contributed by atoms with Gasteiger partial charge in [0.05, 0.1) is 5.75 Å². The first-order valence-electron chi connectivity index (χ1n) is 6.63. The molecule has 0 saturated heterocycles. The highest BCUT2D eigenvalue weighted by Crippen LogP contribution is 2.20. The molecule has 0 unspecified atom stereocenters. The Morgan fingerprint density at radius 2 is 1.73 bits per heavy atom. The van der Waals surface area contributed by atoms with Crippen LogP contribution in [0.2, 0.25) is 0 Å². The summed E-state index contributed by atoms with van der Waals surface area (Å²) in [5.74, 6) is -1.01. The van der Waals surface area contributed by atoms with Gasteiger partial charge in [-0.3, -0.25) is 4.79 Å². The first-order chi connectivity index (χ1) is 10.5. The fourth-order valence-corrected chi connectivity index (χ4v) is 2.82. The number of nitrogens with one attached hydrogen (secondary N) is 1. The molecule has 2 aromatic rings. The Kier molecular flexibility index (Phi) is 6.39. The monoisotopic (exact) mass is 385 g/mol. The number of carbonyl (C=O) groups excluding carboxylic acids is 1. The van der Waals surface area contributed by atoms with Crippen LogP contribution in [0.5, 0.6) is 0 Å². The van der Waals surface area contributed by atoms with E-state index in [9.17, 15) is 13.6 Å². The van der Waals surface area contributed by atoms with Crippen molar-refractivity contribution < 1.29 is 13.6 Å². The van der Waals surface area contributed by atoms with Crippen molar-refractivity contribution in [2.75, 3.05) is 12.3 Å². The van der Waals surface area contributed by atoms with Crippen LogP contribution in [-0.2, 0) is 11.2 Å². The molecule has 0 radical (unpaired) electrons. The lowest BCUT2D eigenvalue weighted by molar-refractivity contribution is -0.118. The van der Waals surface area contributed by atoms with E-state index in [1.54, 1.807) is 0 Å². The number of benzene rings is 2. The third-order valence-corrected chi connectivity index (χ3v) is 4.38. The molecular formula is C16H14BrF2NOS. The van der Waals surface area contributed by atoms with Crippen LogP contribution in [0.15, 0.2) is 51.8 Å². The predicted octanol–water partition coefficient (Wildman–Crippen LogP) is 4.18. The highest BCUT2D eigenvalue weighted by Gasteiger charge is 2.04. The van der Waals surface area contributed by atoms with Gasteiger partial charge in [-0.05, 0) is 48.4 Å². The van der Waals surface area contributed by atoms with E-state index < -0.39 is 11.6 Å². The molecule has 2 rings (SSSR count). The van der Waals surface area contributed by atoms with Crippen LogP contribution in [0.1, 0.15) is 5.56 Å². The van der Waals surface area contributed by atoms with Gasteiger partial charge in [0.15, 0.2) is 0 Å². The number of hydrogen-bond donors (Lipinski definition) is 1. The van der Waals surface area contributed by atoms with Crippen molar-refractivity contribution in [1.82, 2.24) is 5.32 Å². The smallest absolute Gasteiger partial charge is 0.230 e. The molecule has 1 N–H and O–H groups in total. The molecule has 0 saturated carbocycles. The molecule has 0 spiro atoms. The number of carbonyl (C=O) groups is 1. The summed E-state index contributed by atoms with van der Waals surface area (Å²) in [6, 6.07) is 11.1. The van der Waals surface area contributed by atoms with Gasteiger partial charge in [-0.25, -0.2) is 8.78 Å². The van der Waals surface area contributed by atoms with Crippen molar-refractivity contribution in [3.8, 4) is 0 Å². The van der Waals surface area contributed by atoms with E-state index in [1.165, 1.54) is 23.9 Å². The lowest BCUT2D eigenvalue weighted by Gasteiger charge is -2.06. The number of rotatable bonds is 6. The minimum absolute atomic E-state index is 0.107. The second kappa shape index (κ2) is 8.29. The van der Waals surface area contributed by atoms with Crippen molar-refractivity contribution in [3.05, 3.63) is 64.1 Å². The summed E-state index contributed by atoms with van der Waals surface area (Å²) in [7, 11) is 0. The predicted molar refractivity (Wildman–Crippen MR) is 87.9 cm³/mol. The molecule has 0 bridgehead atoms. The molecule has 0 atom stereocenters. The number of hydrogen-bond acceptors (Lipinski definition) is 2. The molecule has 2 aromatic carbocycles. The highest BCUT2D eigenvalue weighted by molar-refractivity contribution is 9.10. The second-order valence-corrected chi connectivity index (χ2v) is 6.58. The molecule has 22 heavy (non-hydrogen) atoms. The summed E-state index contributed by atoms with van der Waals surface area (Å²) >= 11 is 4.79. The van der Waals surface area contributed by atoms with Gasteiger partial charge in [0.25, 0.3) is 0 Å². The van der Waals surface area contributed by atoms with Gasteiger partial charge >= 0.3 is 0 Å². The number of amides is 1. The zero-order valence-electron chi connectivity index (χ0n) is 11.6. The Labute approximate surface area is 140 Å². The molecule has 1 amide bonds. The Bertz CT molecular complexity index is 629. The van der Waals surface area contributed by atoms with Crippen LogP contribution in [0.4, 0.5) is 8.78 Å². The summed E-state index contributed by atoms with van der Waals surface area (Å²) in [6.07, 6.45) is 0.392. The van der Waals surface area contributed by atoms with Crippen molar-refractivity contribution in [3.63, 3.8) is 0 Å². The molecule has 2 nitrogen and oxygen atoms in total. The number of halogens is 3. The molecule has 6 heteroatoms. The van der Waals surface area contributed by atoms with E-state index >= 15 is 0 Å². The van der Waals surface area contributed by atoms with Gasteiger partial charge in [-0.2, -0.15) is 0 Å². The summed E-state index contributed by atoms with van der Waals surface area (Å²) in [4.78, 5) is 12.7.